The molecule has 2 aliphatic rings. The maximum atomic E-state index is 13.2. The van der Waals surface area contributed by atoms with E-state index in [1.165, 1.54) is 17.8 Å². The summed E-state index contributed by atoms with van der Waals surface area (Å²) >= 11 is 1.40. The summed E-state index contributed by atoms with van der Waals surface area (Å²) in [6.45, 7) is 4.26. The zero-order chi connectivity index (χ0) is 23.8. The number of benzene rings is 1. The number of carbonyl (C=O) groups is 1. The van der Waals surface area contributed by atoms with Crippen LogP contribution in [-0.4, -0.2) is 43.8 Å². The van der Waals surface area contributed by atoms with E-state index in [9.17, 15) is 4.79 Å². The number of imidazole rings is 2. The van der Waals surface area contributed by atoms with Gasteiger partial charge in [-0.25, -0.2) is 15.0 Å². The van der Waals surface area contributed by atoms with E-state index in [0.717, 1.165) is 54.7 Å². The molecule has 2 aliphatic heterocycles. The topological polar surface area (TPSA) is 123 Å². The Hall–Kier alpha value is -3.34. The Labute approximate surface area is 207 Å². The SMILES string of the molecule is CC1CCNC1c1ncc(Nc2scnc2C(=O)c2ccc(-c3cnc(C4CCCN4)[nH]3)cc2)[nH]1. The van der Waals surface area contributed by atoms with Crippen LogP contribution in [0.15, 0.2) is 42.2 Å². The first-order valence-corrected chi connectivity index (χ1v) is 13.0. The van der Waals surface area contributed by atoms with Gasteiger partial charge in [-0.15, -0.1) is 11.3 Å². The molecule has 0 saturated carbocycles. The molecule has 0 bridgehead atoms. The first kappa shape index (κ1) is 22.1. The fourth-order valence-corrected chi connectivity index (χ4v) is 5.58. The highest BCUT2D eigenvalue weighted by Gasteiger charge is 2.27. The molecule has 1 aromatic carbocycles. The van der Waals surface area contributed by atoms with Crippen molar-refractivity contribution >= 4 is 27.9 Å². The third-order valence-electron chi connectivity index (χ3n) is 6.90. The number of aromatic nitrogens is 5. The largest absolute Gasteiger partial charge is 0.341 e. The molecule has 0 amide bonds. The number of hydrogen-bond acceptors (Lipinski definition) is 8. The highest BCUT2D eigenvalue weighted by Crippen LogP contribution is 2.31. The van der Waals surface area contributed by atoms with Crippen LogP contribution in [0, 0.1) is 5.92 Å². The van der Waals surface area contributed by atoms with Gasteiger partial charge in [-0.1, -0.05) is 31.2 Å². The molecule has 9 nitrogen and oxygen atoms in total. The summed E-state index contributed by atoms with van der Waals surface area (Å²) in [6, 6.07) is 8.11. The minimum Gasteiger partial charge on any atom is -0.341 e. The van der Waals surface area contributed by atoms with Gasteiger partial charge >= 0.3 is 0 Å². The Balaban J connectivity index is 1.16. The molecule has 2 fully saturated rings. The molecule has 3 aromatic heterocycles. The molecule has 2 saturated heterocycles. The van der Waals surface area contributed by atoms with Gasteiger partial charge in [0.05, 0.1) is 35.7 Å². The summed E-state index contributed by atoms with van der Waals surface area (Å²) in [5, 5.41) is 10.9. The van der Waals surface area contributed by atoms with E-state index in [4.69, 9.17) is 0 Å². The maximum absolute atomic E-state index is 13.2. The van der Waals surface area contributed by atoms with Crippen LogP contribution in [0.3, 0.4) is 0 Å². The second-order valence-electron chi connectivity index (χ2n) is 9.27. The predicted octanol–water partition coefficient (Wildman–Crippen LogP) is 4.33. The van der Waals surface area contributed by atoms with Crippen LogP contribution in [0.4, 0.5) is 10.8 Å². The third kappa shape index (κ3) is 4.40. The Morgan fingerprint density at radius 3 is 2.63 bits per heavy atom. The summed E-state index contributed by atoms with van der Waals surface area (Å²) in [4.78, 5) is 33.4. The molecule has 10 heteroatoms. The molecule has 4 aromatic rings. The molecule has 180 valence electrons. The number of aromatic amines is 2. The molecule has 3 unspecified atom stereocenters. The minimum atomic E-state index is -0.119. The lowest BCUT2D eigenvalue weighted by atomic mass is 10.0. The summed E-state index contributed by atoms with van der Waals surface area (Å²) < 4.78 is 0. The van der Waals surface area contributed by atoms with Gasteiger partial charge in [0.1, 0.15) is 28.2 Å². The lowest BCUT2D eigenvalue weighted by Crippen LogP contribution is -2.17. The number of rotatable bonds is 7. The zero-order valence-electron chi connectivity index (χ0n) is 19.5. The minimum absolute atomic E-state index is 0.119. The van der Waals surface area contributed by atoms with Crippen molar-refractivity contribution in [2.24, 2.45) is 5.92 Å². The van der Waals surface area contributed by atoms with Crippen LogP contribution >= 0.6 is 11.3 Å². The number of hydrogen-bond donors (Lipinski definition) is 5. The smallest absolute Gasteiger partial charge is 0.214 e. The second-order valence-corrected chi connectivity index (χ2v) is 10.1. The van der Waals surface area contributed by atoms with Crippen LogP contribution in [0.1, 0.15) is 66.0 Å². The van der Waals surface area contributed by atoms with E-state index >= 15 is 0 Å². The Kier molecular flexibility index (Phi) is 5.93. The summed E-state index contributed by atoms with van der Waals surface area (Å²) in [6.07, 6.45) is 7.03. The molecule has 0 spiro atoms. The zero-order valence-corrected chi connectivity index (χ0v) is 20.3. The average molecular weight is 489 g/mol. The van der Waals surface area contributed by atoms with Crippen LogP contribution < -0.4 is 16.0 Å². The standard InChI is InChI=1S/C25H28N8OS/c1-14-8-10-27-20(14)24-29-12-19(32-24)33-25-21(30-13-35-25)22(34)16-6-4-15(5-7-16)18-11-28-23(31-18)17-3-2-9-26-17/h4-7,11-14,17,20,26-27,33H,2-3,8-10H2,1H3,(H,28,31)(H,29,32). The summed E-state index contributed by atoms with van der Waals surface area (Å²) in [5.74, 6) is 3.05. The number of thiazole rings is 1. The maximum Gasteiger partial charge on any atom is 0.214 e. The number of H-pyrrole nitrogens is 2. The number of nitrogens with zero attached hydrogens (tertiary/aromatic N) is 3. The van der Waals surface area contributed by atoms with Crippen molar-refractivity contribution in [3.8, 4) is 11.3 Å². The molecule has 5 N–H and O–H groups in total. The Bertz CT molecular complexity index is 1320. The van der Waals surface area contributed by atoms with Gasteiger partial charge in [-0.3, -0.25) is 4.79 Å². The number of carbonyl (C=O) groups excluding carboxylic acids is 1. The lowest BCUT2D eigenvalue weighted by molar-refractivity contribution is 0.103. The average Bonchev–Trinajstić information content (AvgIpc) is 3.70. The van der Waals surface area contributed by atoms with Gasteiger partial charge < -0.3 is 25.9 Å². The molecule has 0 aliphatic carbocycles. The van der Waals surface area contributed by atoms with Crippen molar-refractivity contribution in [2.75, 3.05) is 18.4 Å². The van der Waals surface area contributed by atoms with E-state index in [-0.39, 0.29) is 11.8 Å². The lowest BCUT2D eigenvalue weighted by Gasteiger charge is -2.12. The number of nitrogens with one attached hydrogen (secondary N) is 5. The van der Waals surface area contributed by atoms with Crippen LogP contribution in [-0.2, 0) is 0 Å². The predicted molar refractivity (Wildman–Crippen MR) is 136 cm³/mol. The Morgan fingerprint density at radius 1 is 1.00 bits per heavy atom. The van der Waals surface area contributed by atoms with E-state index < -0.39 is 0 Å². The van der Waals surface area contributed by atoms with Gasteiger partial charge in [0, 0.05) is 5.56 Å². The third-order valence-corrected chi connectivity index (χ3v) is 7.64. The van der Waals surface area contributed by atoms with E-state index in [0.29, 0.717) is 28.2 Å². The van der Waals surface area contributed by atoms with Crippen molar-refractivity contribution in [3.05, 3.63) is 65.1 Å². The fourth-order valence-electron chi connectivity index (χ4n) is 4.89. The fraction of sp³-hybridized carbons (Fsp3) is 0.360. The van der Waals surface area contributed by atoms with E-state index in [1.54, 1.807) is 11.7 Å². The monoisotopic (exact) mass is 488 g/mol. The molecular formula is C25H28N8OS. The summed E-state index contributed by atoms with van der Waals surface area (Å²) in [7, 11) is 0. The van der Waals surface area contributed by atoms with Gasteiger partial charge in [0.15, 0.2) is 0 Å². The highest BCUT2D eigenvalue weighted by atomic mass is 32.1. The van der Waals surface area contributed by atoms with E-state index in [2.05, 4.69) is 47.8 Å². The van der Waals surface area contributed by atoms with Crippen molar-refractivity contribution < 1.29 is 4.79 Å². The molecule has 5 heterocycles. The molecule has 0 radical (unpaired) electrons. The van der Waals surface area contributed by atoms with Gasteiger partial charge in [0.25, 0.3) is 0 Å². The normalized spacial score (nSPS) is 22.0. The molecule has 3 atom stereocenters. The number of ketones is 1. The van der Waals surface area contributed by atoms with Crippen molar-refractivity contribution in [3.63, 3.8) is 0 Å². The second kappa shape index (κ2) is 9.37. The molecule has 35 heavy (non-hydrogen) atoms. The van der Waals surface area contributed by atoms with Gasteiger partial charge in [-0.2, -0.15) is 0 Å². The van der Waals surface area contributed by atoms with Crippen molar-refractivity contribution in [1.82, 2.24) is 35.6 Å². The summed E-state index contributed by atoms with van der Waals surface area (Å²) in [5.41, 5.74) is 4.63. The van der Waals surface area contributed by atoms with Crippen molar-refractivity contribution in [1.29, 1.82) is 0 Å². The van der Waals surface area contributed by atoms with Gasteiger partial charge in [-0.05, 0) is 43.8 Å². The Morgan fingerprint density at radius 2 is 1.86 bits per heavy atom. The van der Waals surface area contributed by atoms with Crippen LogP contribution in [0.2, 0.25) is 0 Å². The van der Waals surface area contributed by atoms with Crippen LogP contribution in [0.25, 0.3) is 11.3 Å². The van der Waals surface area contributed by atoms with Crippen LogP contribution in [0.5, 0.6) is 0 Å². The molecular weight excluding hydrogens is 460 g/mol. The van der Waals surface area contributed by atoms with E-state index in [1.807, 2.05) is 30.5 Å². The highest BCUT2D eigenvalue weighted by molar-refractivity contribution is 7.14. The molecule has 6 rings (SSSR count). The first-order valence-electron chi connectivity index (χ1n) is 12.1. The quantitative estimate of drug-likeness (QED) is 0.245. The van der Waals surface area contributed by atoms with Crippen molar-refractivity contribution in [2.45, 2.75) is 38.3 Å². The number of anilines is 2. The van der Waals surface area contributed by atoms with Gasteiger partial charge in [0.2, 0.25) is 5.78 Å². The first-order chi connectivity index (χ1) is 17.2.